The molecule has 1 aliphatic rings. The summed E-state index contributed by atoms with van der Waals surface area (Å²) < 4.78 is 9.49. The van der Waals surface area contributed by atoms with Crippen molar-refractivity contribution in [3.8, 4) is 0 Å². The summed E-state index contributed by atoms with van der Waals surface area (Å²) in [5.74, 6) is -1.46. The van der Waals surface area contributed by atoms with Gasteiger partial charge >= 0.3 is 5.97 Å². The molecule has 0 aromatic heterocycles. The Labute approximate surface area is 134 Å². The molecule has 124 valence electrons. The lowest BCUT2D eigenvalue weighted by atomic mass is 10.2. The van der Waals surface area contributed by atoms with E-state index in [0.717, 1.165) is 0 Å². The van der Waals surface area contributed by atoms with Crippen LogP contribution in [-0.4, -0.2) is 45.2 Å². The van der Waals surface area contributed by atoms with E-state index in [-0.39, 0.29) is 23.7 Å². The Bertz CT molecular complexity index is 602. The zero-order valence-corrected chi connectivity index (χ0v) is 13.1. The minimum atomic E-state index is -0.470. The average Bonchev–Trinajstić information content (AvgIpc) is 3.35. The molecule has 23 heavy (non-hydrogen) atoms. The molecule has 7 heteroatoms. The molecule has 2 rings (SSSR count). The van der Waals surface area contributed by atoms with Gasteiger partial charge in [-0.25, -0.2) is 4.79 Å². The summed E-state index contributed by atoms with van der Waals surface area (Å²) in [6, 6.07) is 6.48. The molecule has 0 bridgehead atoms. The van der Waals surface area contributed by atoms with Gasteiger partial charge in [-0.05, 0) is 24.6 Å². The maximum Gasteiger partial charge on any atom is 0.337 e. The number of hydrogen-bond acceptors (Lipinski definition) is 5. The van der Waals surface area contributed by atoms with Gasteiger partial charge in [0.15, 0.2) is 0 Å². The fourth-order valence-electron chi connectivity index (χ4n) is 2.26. The molecule has 1 saturated carbocycles. The zero-order valence-electron chi connectivity index (χ0n) is 13.1. The molecule has 7 nitrogen and oxygen atoms in total. The average molecular weight is 320 g/mol. The summed E-state index contributed by atoms with van der Waals surface area (Å²) in [6.45, 7) is 0.872. The number of hydrogen-bond donors (Lipinski definition) is 2. The number of ether oxygens (including phenoxy) is 2. The predicted octanol–water partition coefficient (Wildman–Crippen LogP) is 0.810. The lowest BCUT2D eigenvalue weighted by Crippen LogP contribution is -2.30. The van der Waals surface area contributed by atoms with Gasteiger partial charge < -0.3 is 20.1 Å². The van der Waals surface area contributed by atoms with E-state index in [4.69, 9.17) is 4.74 Å². The van der Waals surface area contributed by atoms with E-state index in [0.29, 0.717) is 30.8 Å². The fourth-order valence-corrected chi connectivity index (χ4v) is 2.26. The van der Waals surface area contributed by atoms with Crippen LogP contribution >= 0.6 is 0 Å². The number of amides is 2. The van der Waals surface area contributed by atoms with Gasteiger partial charge in [0, 0.05) is 19.3 Å². The maximum absolute atomic E-state index is 12.1. The minimum absolute atomic E-state index is 0.134. The van der Waals surface area contributed by atoms with Crippen LogP contribution in [0.15, 0.2) is 24.3 Å². The third-order valence-electron chi connectivity index (χ3n) is 3.62. The van der Waals surface area contributed by atoms with Crippen molar-refractivity contribution < 1.29 is 23.9 Å². The number of methoxy groups -OCH3 is 2. The number of carbonyl (C=O) groups is 3. The van der Waals surface area contributed by atoms with Gasteiger partial charge in [0.1, 0.15) is 0 Å². The van der Waals surface area contributed by atoms with E-state index in [1.165, 1.54) is 7.11 Å². The monoisotopic (exact) mass is 320 g/mol. The molecule has 2 amide bonds. The second-order valence-corrected chi connectivity index (χ2v) is 5.29. The number of nitrogens with one attached hydrogen (secondary N) is 2. The highest BCUT2D eigenvalue weighted by atomic mass is 16.5. The molecule has 0 saturated heterocycles. The van der Waals surface area contributed by atoms with E-state index in [9.17, 15) is 14.4 Å². The first kappa shape index (κ1) is 17.0. The quantitative estimate of drug-likeness (QED) is 0.573. The third-order valence-corrected chi connectivity index (χ3v) is 3.62. The number of benzene rings is 1. The topological polar surface area (TPSA) is 93.7 Å². The lowest BCUT2D eigenvalue weighted by molar-refractivity contribution is -0.125. The molecule has 0 spiro atoms. The second kappa shape index (κ2) is 7.73. The van der Waals surface area contributed by atoms with Crippen LogP contribution in [0.4, 0.5) is 5.69 Å². The summed E-state index contributed by atoms with van der Waals surface area (Å²) in [6.07, 6.45) is 0.529. The van der Waals surface area contributed by atoms with Crippen molar-refractivity contribution in [1.29, 1.82) is 0 Å². The predicted molar refractivity (Wildman–Crippen MR) is 82.9 cm³/mol. The Morgan fingerprint density at radius 3 is 2.61 bits per heavy atom. The fraction of sp³-hybridized carbons (Fsp3) is 0.438. The molecule has 1 aromatic carbocycles. The van der Waals surface area contributed by atoms with Gasteiger partial charge in [0.05, 0.1) is 31.1 Å². The molecule has 2 atom stereocenters. The molecular formula is C16H20N2O5. The normalized spacial score (nSPS) is 18.9. The minimum Gasteiger partial charge on any atom is -0.465 e. The van der Waals surface area contributed by atoms with Crippen molar-refractivity contribution in [2.24, 2.45) is 11.8 Å². The molecule has 1 fully saturated rings. The van der Waals surface area contributed by atoms with Crippen molar-refractivity contribution in [3.05, 3.63) is 29.8 Å². The molecule has 2 unspecified atom stereocenters. The summed E-state index contributed by atoms with van der Waals surface area (Å²) in [7, 11) is 2.85. The standard InChI is InChI=1S/C16H20N2O5/c1-22-7-6-17-14(19)12-9-13(12)15(20)18-11-5-3-4-10(8-11)16(21)23-2/h3-5,8,12-13H,6-7,9H2,1-2H3,(H,17,19)(H,18,20). The van der Waals surface area contributed by atoms with E-state index < -0.39 is 5.97 Å². The lowest BCUT2D eigenvalue weighted by Gasteiger charge is -2.07. The first-order valence-electron chi connectivity index (χ1n) is 7.32. The van der Waals surface area contributed by atoms with E-state index >= 15 is 0 Å². The van der Waals surface area contributed by atoms with Crippen molar-refractivity contribution in [3.63, 3.8) is 0 Å². The third kappa shape index (κ3) is 4.53. The number of rotatable bonds is 7. The Morgan fingerprint density at radius 2 is 1.91 bits per heavy atom. The smallest absolute Gasteiger partial charge is 0.337 e. The van der Waals surface area contributed by atoms with Crippen LogP contribution in [0.3, 0.4) is 0 Å². The van der Waals surface area contributed by atoms with Gasteiger partial charge in [-0.1, -0.05) is 6.07 Å². The van der Waals surface area contributed by atoms with E-state index in [2.05, 4.69) is 15.4 Å². The van der Waals surface area contributed by atoms with Crippen molar-refractivity contribution in [2.45, 2.75) is 6.42 Å². The van der Waals surface area contributed by atoms with Crippen LogP contribution in [0, 0.1) is 11.8 Å². The zero-order chi connectivity index (χ0) is 16.8. The van der Waals surface area contributed by atoms with Gasteiger partial charge in [-0.2, -0.15) is 0 Å². The summed E-state index contributed by atoms with van der Waals surface area (Å²) >= 11 is 0. The van der Waals surface area contributed by atoms with Crippen molar-refractivity contribution in [1.82, 2.24) is 5.32 Å². The first-order chi connectivity index (χ1) is 11.1. The Balaban J connectivity index is 1.86. The molecule has 2 N–H and O–H groups in total. The Hall–Kier alpha value is -2.41. The molecule has 0 radical (unpaired) electrons. The summed E-state index contributed by atoms with van der Waals surface area (Å²) in [4.78, 5) is 35.4. The van der Waals surface area contributed by atoms with Gasteiger partial charge in [0.2, 0.25) is 11.8 Å². The SMILES string of the molecule is COCCNC(=O)C1CC1C(=O)Nc1cccc(C(=O)OC)c1. The second-order valence-electron chi connectivity index (χ2n) is 5.29. The molecule has 1 aliphatic carbocycles. The number of anilines is 1. The van der Waals surface area contributed by atoms with Crippen LogP contribution in [0.1, 0.15) is 16.8 Å². The molecule has 0 heterocycles. The highest BCUT2D eigenvalue weighted by molar-refractivity contribution is 6.00. The van der Waals surface area contributed by atoms with E-state index in [1.807, 2.05) is 0 Å². The van der Waals surface area contributed by atoms with Gasteiger partial charge in [-0.15, -0.1) is 0 Å². The Kier molecular flexibility index (Phi) is 5.70. The summed E-state index contributed by atoms with van der Waals surface area (Å²) in [5.41, 5.74) is 0.860. The number of esters is 1. The van der Waals surface area contributed by atoms with Crippen LogP contribution in [0.25, 0.3) is 0 Å². The molecular weight excluding hydrogens is 300 g/mol. The van der Waals surface area contributed by atoms with Crippen LogP contribution in [-0.2, 0) is 19.1 Å². The first-order valence-corrected chi connectivity index (χ1v) is 7.32. The highest BCUT2D eigenvalue weighted by Crippen LogP contribution is 2.39. The Morgan fingerprint density at radius 1 is 1.17 bits per heavy atom. The van der Waals surface area contributed by atoms with Gasteiger partial charge in [-0.3, -0.25) is 9.59 Å². The van der Waals surface area contributed by atoms with Crippen LogP contribution in [0.2, 0.25) is 0 Å². The highest BCUT2D eigenvalue weighted by Gasteiger charge is 2.47. The van der Waals surface area contributed by atoms with Crippen LogP contribution < -0.4 is 10.6 Å². The largest absolute Gasteiger partial charge is 0.465 e. The number of carbonyl (C=O) groups excluding carboxylic acids is 3. The van der Waals surface area contributed by atoms with Gasteiger partial charge in [0.25, 0.3) is 0 Å². The summed E-state index contributed by atoms with van der Waals surface area (Å²) in [5, 5.41) is 5.44. The molecule has 0 aliphatic heterocycles. The van der Waals surface area contributed by atoms with E-state index in [1.54, 1.807) is 31.4 Å². The van der Waals surface area contributed by atoms with Crippen molar-refractivity contribution in [2.75, 3.05) is 32.7 Å². The van der Waals surface area contributed by atoms with Crippen molar-refractivity contribution >= 4 is 23.5 Å². The maximum atomic E-state index is 12.1. The van der Waals surface area contributed by atoms with Crippen LogP contribution in [0.5, 0.6) is 0 Å². The molecule has 1 aromatic rings.